The minimum atomic E-state index is -3.45. The number of hydrogen-bond donors (Lipinski definition) is 1. The van der Waals surface area contributed by atoms with Crippen molar-refractivity contribution in [3.8, 4) is 0 Å². The van der Waals surface area contributed by atoms with Crippen LogP contribution in [0.1, 0.15) is 24.5 Å². The number of piperidine rings is 1. The van der Waals surface area contributed by atoms with E-state index in [2.05, 4.69) is 5.32 Å². The lowest BCUT2D eigenvalue weighted by Crippen LogP contribution is -2.33. The van der Waals surface area contributed by atoms with E-state index in [4.69, 9.17) is 9.17 Å². The van der Waals surface area contributed by atoms with Gasteiger partial charge in [-0.2, -0.15) is 8.42 Å². The fourth-order valence-corrected chi connectivity index (χ4v) is 3.59. The van der Waals surface area contributed by atoms with Crippen molar-refractivity contribution in [3.05, 3.63) is 42.1 Å². The molecule has 1 N–H and O–H groups in total. The van der Waals surface area contributed by atoms with E-state index < -0.39 is 10.1 Å². The van der Waals surface area contributed by atoms with Crippen LogP contribution in [-0.2, 0) is 14.3 Å². The van der Waals surface area contributed by atoms with Crippen molar-refractivity contribution >= 4 is 21.0 Å². The highest BCUT2D eigenvalue weighted by atomic mass is 32.2. The molecular weight excluding hydrogens is 312 g/mol. The molecule has 6 heteroatoms. The second-order valence-electron chi connectivity index (χ2n) is 6.11. The van der Waals surface area contributed by atoms with Crippen molar-refractivity contribution in [1.29, 1.82) is 0 Å². The van der Waals surface area contributed by atoms with Crippen molar-refractivity contribution in [1.82, 2.24) is 10.3 Å². The van der Waals surface area contributed by atoms with Gasteiger partial charge in [-0.25, -0.2) is 0 Å². The van der Waals surface area contributed by atoms with E-state index >= 15 is 0 Å². The molecule has 1 unspecified atom stereocenters. The Balaban J connectivity index is 1.90. The molecule has 5 nitrogen and oxygen atoms in total. The third-order valence-electron chi connectivity index (χ3n) is 4.41. The summed E-state index contributed by atoms with van der Waals surface area (Å²) >= 11 is 0. The van der Waals surface area contributed by atoms with Crippen LogP contribution < -0.4 is 5.32 Å². The topological polar surface area (TPSA) is 68.3 Å². The van der Waals surface area contributed by atoms with Crippen molar-refractivity contribution in [2.45, 2.75) is 18.8 Å². The molecule has 1 aliphatic rings. The Kier molecular flexibility index (Phi) is 4.94. The molecule has 1 aliphatic heterocycles. The number of pyridine rings is 1. The Hall–Kier alpha value is -1.50. The zero-order chi connectivity index (χ0) is 16.3. The third kappa shape index (κ3) is 4.28. The Labute approximate surface area is 137 Å². The summed E-state index contributed by atoms with van der Waals surface area (Å²) in [6, 6.07) is 12.0. The number of benzene rings is 1. The van der Waals surface area contributed by atoms with Crippen LogP contribution in [0.5, 0.6) is 0 Å². The van der Waals surface area contributed by atoms with Gasteiger partial charge in [-0.3, -0.25) is 9.17 Å². The van der Waals surface area contributed by atoms with Crippen LogP contribution in [0.15, 0.2) is 36.4 Å². The molecule has 1 aromatic carbocycles. The quantitative estimate of drug-likeness (QED) is 0.850. The summed E-state index contributed by atoms with van der Waals surface area (Å²) in [5.74, 6) is 0.378. The number of nitrogens with zero attached hydrogens (tertiary/aromatic N) is 1. The summed E-state index contributed by atoms with van der Waals surface area (Å²) in [7, 11) is -3.45. The third-order valence-corrected chi connectivity index (χ3v) is 4.98. The Morgan fingerprint density at radius 3 is 2.70 bits per heavy atom. The molecule has 2 aromatic rings. The van der Waals surface area contributed by atoms with E-state index in [-0.39, 0.29) is 12.5 Å². The molecule has 0 bridgehead atoms. The molecule has 23 heavy (non-hydrogen) atoms. The standard InChI is InChI=1S/C17H22N2O3S/c1-23(20,21)22-12-15(13-8-10-18-11-9-13)17-7-6-14-4-2-3-5-16(14)19-17/h2-7,13,15,18H,8-12H2,1H3. The first-order valence-electron chi connectivity index (χ1n) is 7.94. The average molecular weight is 334 g/mol. The van der Waals surface area contributed by atoms with E-state index in [1.165, 1.54) is 0 Å². The molecule has 0 aliphatic carbocycles. The molecule has 3 rings (SSSR count). The molecule has 0 spiro atoms. The minimum Gasteiger partial charge on any atom is -0.317 e. The van der Waals surface area contributed by atoms with Crippen molar-refractivity contribution in [2.75, 3.05) is 26.0 Å². The fourth-order valence-electron chi connectivity index (χ4n) is 3.19. The highest BCUT2D eigenvalue weighted by Crippen LogP contribution is 2.31. The van der Waals surface area contributed by atoms with Crippen LogP contribution in [0.3, 0.4) is 0 Å². The Morgan fingerprint density at radius 1 is 1.22 bits per heavy atom. The zero-order valence-corrected chi connectivity index (χ0v) is 14.1. The summed E-state index contributed by atoms with van der Waals surface area (Å²) < 4.78 is 27.9. The van der Waals surface area contributed by atoms with Gasteiger partial charge in [0.05, 0.1) is 18.4 Å². The van der Waals surface area contributed by atoms with Crippen LogP contribution in [0, 0.1) is 5.92 Å². The van der Waals surface area contributed by atoms with Crippen LogP contribution in [0.2, 0.25) is 0 Å². The molecule has 1 atom stereocenters. The molecule has 1 fully saturated rings. The smallest absolute Gasteiger partial charge is 0.264 e. The number of hydrogen-bond acceptors (Lipinski definition) is 5. The summed E-state index contributed by atoms with van der Waals surface area (Å²) in [4.78, 5) is 4.76. The molecule has 1 saturated heterocycles. The van der Waals surface area contributed by atoms with Crippen molar-refractivity contribution in [3.63, 3.8) is 0 Å². The number of para-hydroxylation sites is 1. The lowest BCUT2D eigenvalue weighted by molar-refractivity contribution is 0.220. The maximum Gasteiger partial charge on any atom is 0.264 e. The van der Waals surface area contributed by atoms with Gasteiger partial charge in [0.2, 0.25) is 0 Å². The van der Waals surface area contributed by atoms with Gasteiger partial charge in [-0.15, -0.1) is 0 Å². The fraction of sp³-hybridized carbons (Fsp3) is 0.471. The zero-order valence-electron chi connectivity index (χ0n) is 13.2. The summed E-state index contributed by atoms with van der Waals surface area (Å²) in [5, 5.41) is 4.43. The predicted molar refractivity (Wildman–Crippen MR) is 90.9 cm³/mol. The van der Waals surface area contributed by atoms with Gasteiger partial charge in [0.1, 0.15) is 0 Å². The molecule has 2 heterocycles. The van der Waals surface area contributed by atoms with Gasteiger partial charge in [0.25, 0.3) is 10.1 Å². The predicted octanol–water partition coefficient (Wildman–Crippen LogP) is 2.29. The van der Waals surface area contributed by atoms with Crippen LogP contribution in [-0.4, -0.2) is 39.4 Å². The van der Waals surface area contributed by atoms with Gasteiger partial charge in [-0.05, 0) is 44.0 Å². The Morgan fingerprint density at radius 2 is 1.96 bits per heavy atom. The van der Waals surface area contributed by atoms with Gasteiger partial charge in [0, 0.05) is 17.0 Å². The van der Waals surface area contributed by atoms with Gasteiger partial charge < -0.3 is 5.32 Å². The highest BCUT2D eigenvalue weighted by molar-refractivity contribution is 7.85. The number of nitrogens with one attached hydrogen (secondary N) is 1. The molecule has 0 amide bonds. The second-order valence-corrected chi connectivity index (χ2v) is 7.76. The lowest BCUT2D eigenvalue weighted by Gasteiger charge is -2.30. The molecule has 0 radical (unpaired) electrons. The first-order chi connectivity index (χ1) is 11.0. The van der Waals surface area contributed by atoms with Gasteiger partial charge in [0.15, 0.2) is 0 Å². The summed E-state index contributed by atoms with van der Waals surface area (Å²) in [6.07, 6.45) is 3.11. The largest absolute Gasteiger partial charge is 0.317 e. The Bertz CT molecular complexity index is 770. The number of fused-ring (bicyclic) bond motifs is 1. The molecule has 0 saturated carbocycles. The van der Waals surface area contributed by atoms with Crippen LogP contribution in [0.25, 0.3) is 10.9 Å². The van der Waals surface area contributed by atoms with Crippen LogP contribution >= 0.6 is 0 Å². The van der Waals surface area contributed by atoms with Crippen LogP contribution in [0.4, 0.5) is 0 Å². The number of rotatable bonds is 5. The van der Waals surface area contributed by atoms with E-state index in [9.17, 15) is 8.42 Å². The van der Waals surface area contributed by atoms with E-state index in [0.29, 0.717) is 5.92 Å². The lowest BCUT2D eigenvalue weighted by atomic mass is 9.83. The maximum absolute atomic E-state index is 11.4. The number of aromatic nitrogens is 1. The highest BCUT2D eigenvalue weighted by Gasteiger charge is 2.27. The summed E-state index contributed by atoms with van der Waals surface area (Å²) in [5.41, 5.74) is 1.85. The molecule has 124 valence electrons. The molecular formula is C17H22N2O3S. The van der Waals surface area contributed by atoms with Crippen molar-refractivity contribution < 1.29 is 12.6 Å². The monoisotopic (exact) mass is 334 g/mol. The van der Waals surface area contributed by atoms with E-state index in [1.807, 2.05) is 36.4 Å². The normalized spacial score (nSPS) is 18.1. The average Bonchev–Trinajstić information content (AvgIpc) is 2.55. The van der Waals surface area contributed by atoms with E-state index in [0.717, 1.165) is 48.8 Å². The second kappa shape index (κ2) is 6.95. The summed E-state index contributed by atoms with van der Waals surface area (Å²) in [6.45, 7) is 2.07. The van der Waals surface area contributed by atoms with Gasteiger partial charge in [-0.1, -0.05) is 24.3 Å². The van der Waals surface area contributed by atoms with Crippen molar-refractivity contribution in [2.24, 2.45) is 5.92 Å². The first kappa shape index (κ1) is 16.4. The molecule has 1 aromatic heterocycles. The van der Waals surface area contributed by atoms with E-state index in [1.54, 1.807) is 0 Å². The minimum absolute atomic E-state index is 0.00330. The first-order valence-corrected chi connectivity index (χ1v) is 9.75. The van der Waals surface area contributed by atoms with Gasteiger partial charge >= 0.3 is 0 Å². The SMILES string of the molecule is CS(=O)(=O)OCC(c1ccc2ccccc2n1)C1CCNCC1. The maximum atomic E-state index is 11.4.